The molecule has 0 amide bonds. The third kappa shape index (κ3) is 3.53. The zero-order chi connectivity index (χ0) is 13.7. The minimum atomic E-state index is -3.22. The molecule has 2 aromatic rings. The van der Waals surface area contributed by atoms with E-state index in [-0.39, 0.29) is 17.9 Å². The van der Waals surface area contributed by atoms with Crippen LogP contribution in [-0.2, 0) is 19.8 Å². The zero-order valence-electron chi connectivity index (χ0n) is 10.7. The maximum absolute atomic E-state index is 12.3. The molecule has 0 saturated carbocycles. The average molecular weight is 286 g/mol. The first-order valence-electron chi connectivity index (χ1n) is 5.91. The molecule has 0 aliphatic heterocycles. The van der Waals surface area contributed by atoms with E-state index in [4.69, 9.17) is 18.0 Å². The fourth-order valence-electron chi connectivity index (χ4n) is 1.51. The molecular formula is C11H15N2O5P. The fraction of sp³-hybridized carbons (Fsp3) is 0.455. The Labute approximate surface area is 110 Å². The van der Waals surface area contributed by atoms with Crippen molar-refractivity contribution < 1.29 is 22.6 Å². The molecule has 0 radical (unpaired) electrons. The maximum atomic E-state index is 12.3. The molecule has 0 aliphatic rings. The first kappa shape index (κ1) is 14.0. The van der Waals surface area contributed by atoms with E-state index in [2.05, 4.69) is 10.1 Å². The number of nitrogens with zero attached hydrogens (tertiary/aromatic N) is 2. The van der Waals surface area contributed by atoms with Crippen LogP contribution in [0.4, 0.5) is 0 Å². The lowest BCUT2D eigenvalue weighted by Gasteiger charge is -2.14. The molecule has 0 fully saturated rings. The smallest absolute Gasteiger partial charge is 0.338 e. The average Bonchev–Trinajstić information content (AvgIpc) is 2.98. The molecule has 2 heterocycles. The Morgan fingerprint density at radius 2 is 2.05 bits per heavy atom. The number of hydrogen-bond acceptors (Lipinski definition) is 7. The Morgan fingerprint density at radius 1 is 1.32 bits per heavy atom. The van der Waals surface area contributed by atoms with Crippen molar-refractivity contribution in [2.75, 3.05) is 13.2 Å². The summed E-state index contributed by atoms with van der Waals surface area (Å²) >= 11 is 0. The Hall–Kier alpha value is -1.43. The fourth-order valence-corrected chi connectivity index (χ4v) is 3.03. The van der Waals surface area contributed by atoms with Crippen molar-refractivity contribution in [1.29, 1.82) is 0 Å². The van der Waals surface area contributed by atoms with Gasteiger partial charge < -0.3 is 18.0 Å². The normalized spacial score (nSPS) is 11.9. The Kier molecular flexibility index (Phi) is 4.52. The van der Waals surface area contributed by atoms with Gasteiger partial charge >= 0.3 is 7.60 Å². The van der Waals surface area contributed by atoms with Gasteiger partial charge in [0, 0.05) is 0 Å². The van der Waals surface area contributed by atoms with E-state index in [9.17, 15) is 4.57 Å². The molecule has 2 rings (SSSR count). The van der Waals surface area contributed by atoms with Crippen molar-refractivity contribution in [1.82, 2.24) is 10.1 Å². The van der Waals surface area contributed by atoms with E-state index in [1.807, 2.05) is 0 Å². The van der Waals surface area contributed by atoms with Gasteiger partial charge in [0.2, 0.25) is 0 Å². The second kappa shape index (κ2) is 6.14. The van der Waals surface area contributed by atoms with Gasteiger partial charge in [-0.05, 0) is 26.0 Å². The molecule has 2 aromatic heterocycles. The van der Waals surface area contributed by atoms with Gasteiger partial charge in [-0.15, -0.1) is 0 Å². The molecule has 0 atom stereocenters. The lowest BCUT2D eigenvalue weighted by molar-refractivity contribution is 0.218. The highest BCUT2D eigenvalue weighted by atomic mass is 31.2. The highest BCUT2D eigenvalue weighted by Gasteiger charge is 2.27. The molecule has 104 valence electrons. The van der Waals surface area contributed by atoms with Gasteiger partial charge in [-0.25, -0.2) is 0 Å². The second-order valence-corrected chi connectivity index (χ2v) is 5.65. The minimum Gasteiger partial charge on any atom is -0.459 e. The number of aromatic nitrogens is 2. The largest absolute Gasteiger partial charge is 0.459 e. The van der Waals surface area contributed by atoms with Gasteiger partial charge in [0.25, 0.3) is 5.89 Å². The van der Waals surface area contributed by atoms with Crippen LogP contribution < -0.4 is 0 Å². The first-order chi connectivity index (χ1) is 9.17. The molecule has 0 unspecified atom stereocenters. The van der Waals surface area contributed by atoms with Crippen LogP contribution in [0.15, 0.2) is 27.3 Å². The molecule has 7 nitrogen and oxygen atoms in total. The predicted molar refractivity (Wildman–Crippen MR) is 66.6 cm³/mol. The lowest BCUT2D eigenvalue weighted by atomic mass is 10.4. The van der Waals surface area contributed by atoms with Crippen LogP contribution in [0, 0.1) is 0 Å². The molecule has 0 aliphatic carbocycles. The molecule has 19 heavy (non-hydrogen) atoms. The van der Waals surface area contributed by atoms with Crippen LogP contribution in [0.2, 0.25) is 0 Å². The van der Waals surface area contributed by atoms with Crippen LogP contribution in [0.3, 0.4) is 0 Å². The molecule has 0 N–H and O–H groups in total. The lowest BCUT2D eigenvalue weighted by Crippen LogP contribution is -2.00. The number of hydrogen-bond donors (Lipinski definition) is 0. The Bertz CT molecular complexity index is 541. The van der Waals surface area contributed by atoms with E-state index >= 15 is 0 Å². The van der Waals surface area contributed by atoms with Crippen molar-refractivity contribution >= 4 is 7.60 Å². The number of rotatable bonds is 7. The Morgan fingerprint density at radius 3 is 2.63 bits per heavy atom. The second-order valence-electron chi connectivity index (χ2n) is 3.60. The topological polar surface area (TPSA) is 87.6 Å². The van der Waals surface area contributed by atoms with Crippen LogP contribution in [-0.4, -0.2) is 23.4 Å². The van der Waals surface area contributed by atoms with E-state index < -0.39 is 7.60 Å². The monoisotopic (exact) mass is 286 g/mol. The molecule has 0 aromatic carbocycles. The van der Waals surface area contributed by atoms with Gasteiger partial charge in [-0.2, -0.15) is 4.98 Å². The van der Waals surface area contributed by atoms with Gasteiger partial charge in [0.1, 0.15) is 6.16 Å². The van der Waals surface area contributed by atoms with E-state index in [0.29, 0.717) is 19.0 Å². The molecule has 0 bridgehead atoms. The summed E-state index contributed by atoms with van der Waals surface area (Å²) in [7, 11) is -3.22. The molecular weight excluding hydrogens is 271 g/mol. The van der Waals surface area contributed by atoms with Gasteiger partial charge in [0.15, 0.2) is 11.6 Å². The molecule has 0 saturated heterocycles. The summed E-state index contributed by atoms with van der Waals surface area (Å²) in [5.74, 6) is 0.956. The summed E-state index contributed by atoms with van der Waals surface area (Å²) in [6.45, 7) is 4.08. The molecule has 8 heteroatoms. The number of furan rings is 1. The highest BCUT2D eigenvalue weighted by molar-refractivity contribution is 7.53. The quantitative estimate of drug-likeness (QED) is 0.722. The SMILES string of the molecule is CCOP(=O)(Cc1noc(-c2ccco2)n1)OCC. The minimum absolute atomic E-state index is 0.0289. The van der Waals surface area contributed by atoms with Crippen LogP contribution in [0.5, 0.6) is 0 Å². The van der Waals surface area contributed by atoms with E-state index in [0.717, 1.165) is 0 Å². The van der Waals surface area contributed by atoms with E-state index in [1.165, 1.54) is 6.26 Å². The summed E-state index contributed by atoms with van der Waals surface area (Å²) in [4.78, 5) is 4.10. The van der Waals surface area contributed by atoms with Crippen LogP contribution >= 0.6 is 7.60 Å². The molecule has 0 spiro atoms. The summed E-state index contributed by atoms with van der Waals surface area (Å²) in [5.41, 5.74) is 0. The van der Waals surface area contributed by atoms with Crippen LogP contribution in [0.25, 0.3) is 11.7 Å². The Balaban J connectivity index is 2.12. The van der Waals surface area contributed by atoms with Crippen molar-refractivity contribution in [3.8, 4) is 11.7 Å². The maximum Gasteiger partial charge on any atom is 0.338 e. The predicted octanol–water partition coefficient (Wildman–Crippen LogP) is 3.10. The third-order valence-electron chi connectivity index (χ3n) is 2.19. The van der Waals surface area contributed by atoms with Crippen molar-refractivity contribution in [3.05, 3.63) is 24.2 Å². The summed E-state index contributed by atoms with van der Waals surface area (Å²) in [6, 6.07) is 3.41. The van der Waals surface area contributed by atoms with Crippen LogP contribution in [0.1, 0.15) is 19.7 Å². The van der Waals surface area contributed by atoms with E-state index in [1.54, 1.807) is 26.0 Å². The van der Waals surface area contributed by atoms with Gasteiger partial charge in [0.05, 0.1) is 19.5 Å². The summed E-state index contributed by atoms with van der Waals surface area (Å²) in [5, 5.41) is 3.74. The first-order valence-corrected chi connectivity index (χ1v) is 7.64. The highest BCUT2D eigenvalue weighted by Crippen LogP contribution is 2.50. The standard InChI is InChI=1S/C11H15N2O5P/c1-3-16-19(14,17-4-2)8-10-12-11(18-13-10)9-6-5-7-15-9/h5-7H,3-4,8H2,1-2H3. The van der Waals surface area contributed by atoms with Crippen molar-refractivity contribution in [3.63, 3.8) is 0 Å². The zero-order valence-corrected chi connectivity index (χ0v) is 11.6. The van der Waals surface area contributed by atoms with Gasteiger partial charge in [-0.3, -0.25) is 4.57 Å². The van der Waals surface area contributed by atoms with Gasteiger partial charge in [-0.1, -0.05) is 5.16 Å². The summed E-state index contributed by atoms with van der Waals surface area (Å²) in [6.07, 6.45) is 1.48. The van der Waals surface area contributed by atoms with Crippen molar-refractivity contribution in [2.45, 2.75) is 20.0 Å². The van der Waals surface area contributed by atoms with Crippen molar-refractivity contribution in [2.24, 2.45) is 0 Å². The summed E-state index contributed by atoms with van der Waals surface area (Å²) < 4.78 is 32.8. The third-order valence-corrected chi connectivity index (χ3v) is 4.16.